The highest BCUT2D eigenvalue weighted by Crippen LogP contribution is 2.10. The maximum Gasteiger partial charge on any atom is 0.248 e. The molecule has 19 heavy (non-hydrogen) atoms. The Kier molecular flexibility index (Phi) is 5.35. The van der Waals surface area contributed by atoms with E-state index < -0.39 is 0 Å². The molecule has 0 aliphatic carbocycles. The molecule has 0 bridgehead atoms. The summed E-state index contributed by atoms with van der Waals surface area (Å²) in [7, 11) is 0. The van der Waals surface area contributed by atoms with Crippen LogP contribution in [0.1, 0.15) is 11.3 Å². The normalized spacial score (nSPS) is 15.6. The molecule has 6 heteroatoms. The first kappa shape index (κ1) is 14.0. The van der Waals surface area contributed by atoms with Crippen molar-refractivity contribution in [2.75, 3.05) is 32.8 Å². The lowest BCUT2D eigenvalue weighted by Gasteiger charge is -2.26. The maximum atomic E-state index is 11.6. The van der Waals surface area contributed by atoms with E-state index in [4.69, 9.17) is 4.74 Å². The summed E-state index contributed by atoms with van der Waals surface area (Å²) in [5.74, 6) is 0.0354. The molecule has 1 aromatic rings. The molecule has 2 heterocycles. The molecule has 2 rings (SSSR count). The van der Waals surface area contributed by atoms with E-state index in [0.29, 0.717) is 32.7 Å². The molecule has 1 aliphatic heterocycles. The van der Waals surface area contributed by atoms with E-state index in [-0.39, 0.29) is 18.4 Å². The fraction of sp³-hybridized carbons (Fsp3) is 0.538. The number of carbonyl (C=O) groups is 2. The average Bonchev–Trinajstić information content (AvgIpc) is 2.92. The van der Waals surface area contributed by atoms with Crippen molar-refractivity contribution in [1.29, 1.82) is 0 Å². The van der Waals surface area contributed by atoms with Gasteiger partial charge in [0.25, 0.3) is 0 Å². The van der Waals surface area contributed by atoms with Crippen molar-refractivity contribution in [3.63, 3.8) is 0 Å². The molecule has 5 nitrogen and oxygen atoms in total. The molecule has 1 fully saturated rings. The van der Waals surface area contributed by atoms with Crippen molar-refractivity contribution < 1.29 is 14.3 Å². The third-order valence-electron chi connectivity index (χ3n) is 2.97. The van der Waals surface area contributed by atoms with Gasteiger partial charge in [0.1, 0.15) is 6.61 Å². The van der Waals surface area contributed by atoms with Gasteiger partial charge in [-0.1, -0.05) is 6.07 Å². The first-order chi connectivity index (χ1) is 9.25. The fourth-order valence-corrected chi connectivity index (χ4v) is 2.61. The topological polar surface area (TPSA) is 58.6 Å². The maximum absolute atomic E-state index is 11.6. The third kappa shape index (κ3) is 4.65. The van der Waals surface area contributed by atoms with Crippen LogP contribution in [0.5, 0.6) is 0 Å². The van der Waals surface area contributed by atoms with Gasteiger partial charge in [-0.25, -0.2) is 0 Å². The third-order valence-corrected chi connectivity index (χ3v) is 3.90. The van der Waals surface area contributed by atoms with Crippen LogP contribution in [0.25, 0.3) is 0 Å². The number of rotatable bonds is 6. The van der Waals surface area contributed by atoms with Crippen LogP contribution < -0.4 is 5.32 Å². The number of hydrogen-bond donors (Lipinski definition) is 1. The number of nitrogens with one attached hydrogen (secondary N) is 1. The van der Waals surface area contributed by atoms with Gasteiger partial charge in [-0.3, -0.25) is 9.59 Å². The molecular weight excluding hydrogens is 264 g/mol. The van der Waals surface area contributed by atoms with Gasteiger partial charge in [0.15, 0.2) is 0 Å². The molecule has 0 saturated carbocycles. The zero-order valence-electron chi connectivity index (χ0n) is 10.8. The second kappa shape index (κ2) is 7.25. The Morgan fingerprint density at radius 3 is 3.16 bits per heavy atom. The number of amides is 2. The predicted molar refractivity (Wildman–Crippen MR) is 73.0 cm³/mol. The summed E-state index contributed by atoms with van der Waals surface area (Å²) in [6.45, 7) is 2.43. The van der Waals surface area contributed by atoms with Crippen molar-refractivity contribution in [2.24, 2.45) is 0 Å². The molecule has 2 amide bonds. The quantitative estimate of drug-likeness (QED) is 0.833. The highest BCUT2D eigenvalue weighted by molar-refractivity contribution is 7.09. The highest BCUT2D eigenvalue weighted by atomic mass is 32.1. The number of nitrogens with zero attached hydrogens (tertiary/aromatic N) is 1. The second-order valence-corrected chi connectivity index (χ2v) is 5.39. The number of thiophene rings is 1. The molecule has 0 radical (unpaired) electrons. The number of ether oxygens (including phenoxy) is 1. The number of aryl methyl sites for hydroxylation is 1. The molecular formula is C13H18N2O3S. The smallest absolute Gasteiger partial charge is 0.248 e. The average molecular weight is 282 g/mol. The van der Waals surface area contributed by atoms with E-state index in [9.17, 15) is 9.59 Å². The highest BCUT2D eigenvalue weighted by Gasteiger charge is 2.17. The number of carbonyl (C=O) groups excluding carboxylic acids is 2. The zero-order chi connectivity index (χ0) is 13.5. The van der Waals surface area contributed by atoms with E-state index in [1.165, 1.54) is 4.88 Å². The van der Waals surface area contributed by atoms with E-state index in [1.54, 1.807) is 16.2 Å². The zero-order valence-corrected chi connectivity index (χ0v) is 11.6. The van der Waals surface area contributed by atoms with E-state index >= 15 is 0 Å². The molecule has 104 valence electrons. The molecule has 0 spiro atoms. The summed E-state index contributed by atoms with van der Waals surface area (Å²) in [5.41, 5.74) is 0. The molecule has 1 saturated heterocycles. The van der Waals surface area contributed by atoms with Crippen LogP contribution >= 0.6 is 11.3 Å². The standard InChI is InChI=1S/C13H18N2O3S/c16-12(4-3-11-2-1-9-19-11)14-5-6-15-7-8-18-10-13(15)17/h1-2,9H,3-8,10H2,(H,14,16). The van der Waals surface area contributed by atoms with Gasteiger partial charge >= 0.3 is 0 Å². The van der Waals surface area contributed by atoms with Crippen LogP contribution in [0.15, 0.2) is 17.5 Å². The number of hydrogen-bond acceptors (Lipinski definition) is 4. The minimum absolute atomic E-state index is 0.000848. The van der Waals surface area contributed by atoms with Crippen LogP contribution in [0, 0.1) is 0 Å². The van der Waals surface area contributed by atoms with Crippen LogP contribution in [-0.2, 0) is 20.7 Å². The summed E-state index contributed by atoms with van der Waals surface area (Å²) in [4.78, 5) is 26.0. The second-order valence-electron chi connectivity index (χ2n) is 4.36. The molecule has 1 aliphatic rings. The van der Waals surface area contributed by atoms with Crippen LogP contribution in [-0.4, -0.2) is 49.6 Å². The summed E-state index contributed by atoms with van der Waals surface area (Å²) in [6.07, 6.45) is 1.28. The monoisotopic (exact) mass is 282 g/mol. The Bertz CT molecular complexity index is 420. The van der Waals surface area contributed by atoms with Crippen molar-refractivity contribution >= 4 is 23.2 Å². The fourth-order valence-electron chi connectivity index (χ4n) is 1.90. The Hall–Kier alpha value is -1.40. The minimum Gasteiger partial charge on any atom is -0.370 e. The van der Waals surface area contributed by atoms with Gasteiger partial charge in [-0.2, -0.15) is 0 Å². The lowest BCUT2D eigenvalue weighted by molar-refractivity contribution is -0.142. The van der Waals surface area contributed by atoms with Gasteiger partial charge < -0.3 is 15.0 Å². The Morgan fingerprint density at radius 1 is 1.53 bits per heavy atom. The summed E-state index contributed by atoms with van der Waals surface area (Å²) in [5, 5.41) is 4.86. The van der Waals surface area contributed by atoms with Gasteiger partial charge in [0, 0.05) is 30.9 Å². The molecule has 0 atom stereocenters. The molecule has 0 aromatic carbocycles. The predicted octanol–water partition coefficient (Wildman–Crippen LogP) is 0.656. The van der Waals surface area contributed by atoms with E-state index in [1.807, 2.05) is 17.5 Å². The van der Waals surface area contributed by atoms with Crippen molar-refractivity contribution in [1.82, 2.24) is 10.2 Å². The minimum atomic E-state index is -0.000848. The SMILES string of the molecule is O=C(CCc1cccs1)NCCN1CCOCC1=O. The largest absolute Gasteiger partial charge is 0.370 e. The van der Waals surface area contributed by atoms with E-state index in [2.05, 4.69) is 5.32 Å². The summed E-state index contributed by atoms with van der Waals surface area (Å²) in [6, 6.07) is 4.02. The lowest BCUT2D eigenvalue weighted by Crippen LogP contribution is -2.45. The van der Waals surface area contributed by atoms with Crippen LogP contribution in [0.2, 0.25) is 0 Å². The first-order valence-corrected chi connectivity index (χ1v) is 7.28. The summed E-state index contributed by atoms with van der Waals surface area (Å²) < 4.78 is 5.04. The van der Waals surface area contributed by atoms with Gasteiger partial charge in [-0.15, -0.1) is 11.3 Å². The van der Waals surface area contributed by atoms with Gasteiger partial charge in [-0.05, 0) is 17.9 Å². The van der Waals surface area contributed by atoms with Gasteiger partial charge in [0.2, 0.25) is 11.8 Å². The first-order valence-electron chi connectivity index (χ1n) is 6.40. The Labute approximate surface area is 116 Å². The van der Waals surface area contributed by atoms with Crippen molar-refractivity contribution in [3.8, 4) is 0 Å². The van der Waals surface area contributed by atoms with Crippen LogP contribution in [0.3, 0.4) is 0 Å². The lowest BCUT2D eigenvalue weighted by atomic mass is 10.2. The summed E-state index contributed by atoms with van der Waals surface area (Å²) >= 11 is 1.66. The Balaban J connectivity index is 1.59. The van der Waals surface area contributed by atoms with Crippen molar-refractivity contribution in [3.05, 3.63) is 22.4 Å². The van der Waals surface area contributed by atoms with E-state index in [0.717, 1.165) is 6.42 Å². The van der Waals surface area contributed by atoms with Crippen LogP contribution in [0.4, 0.5) is 0 Å². The molecule has 1 aromatic heterocycles. The molecule has 1 N–H and O–H groups in total. The van der Waals surface area contributed by atoms with Gasteiger partial charge in [0.05, 0.1) is 6.61 Å². The number of morpholine rings is 1. The Morgan fingerprint density at radius 2 is 2.42 bits per heavy atom. The molecule has 0 unspecified atom stereocenters. The van der Waals surface area contributed by atoms with Crippen molar-refractivity contribution in [2.45, 2.75) is 12.8 Å².